The van der Waals surface area contributed by atoms with Gasteiger partial charge in [-0.3, -0.25) is 15.0 Å². The molecule has 3 aromatic rings. The maximum Gasteiger partial charge on any atom is 0.259 e. The van der Waals surface area contributed by atoms with Crippen molar-refractivity contribution in [1.82, 2.24) is 20.4 Å². The van der Waals surface area contributed by atoms with Crippen LogP contribution < -0.4 is 5.32 Å². The van der Waals surface area contributed by atoms with Crippen molar-refractivity contribution < 1.29 is 4.79 Å². The average Bonchev–Trinajstić information content (AvgIpc) is 2.95. The van der Waals surface area contributed by atoms with Gasteiger partial charge in [-0.05, 0) is 32.0 Å². The summed E-state index contributed by atoms with van der Waals surface area (Å²) in [4.78, 5) is 12.2. The van der Waals surface area contributed by atoms with E-state index in [2.05, 4.69) is 25.7 Å². The molecule has 0 aliphatic rings. The van der Waals surface area contributed by atoms with Crippen LogP contribution >= 0.6 is 0 Å². The van der Waals surface area contributed by atoms with E-state index in [1.807, 2.05) is 25.1 Å². The zero-order chi connectivity index (χ0) is 13.4. The number of fused-ring (bicyclic) bond motifs is 1. The van der Waals surface area contributed by atoms with Crippen molar-refractivity contribution in [1.29, 1.82) is 0 Å². The van der Waals surface area contributed by atoms with Gasteiger partial charge in [0.2, 0.25) is 0 Å². The molecule has 0 fully saturated rings. The third kappa shape index (κ3) is 1.97. The van der Waals surface area contributed by atoms with Crippen LogP contribution in [0, 0.1) is 13.8 Å². The summed E-state index contributed by atoms with van der Waals surface area (Å²) in [5.74, 6) is -0.164. The lowest BCUT2D eigenvalue weighted by Gasteiger charge is -2.05. The molecule has 3 rings (SSSR count). The highest BCUT2D eigenvalue weighted by Gasteiger charge is 2.15. The van der Waals surface area contributed by atoms with Crippen LogP contribution in [0.3, 0.4) is 0 Å². The number of aryl methyl sites for hydroxylation is 2. The van der Waals surface area contributed by atoms with Gasteiger partial charge >= 0.3 is 0 Å². The quantitative estimate of drug-likeness (QED) is 0.655. The maximum atomic E-state index is 12.2. The van der Waals surface area contributed by atoms with E-state index in [1.165, 1.54) is 0 Å². The monoisotopic (exact) mass is 255 g/mol. The van der Waals surface area contributed by atoms with Crippen molar-refractivity contribution in [2.24, 2.45) is 0 Å². The summed E-state index contributed by atoms with van der Waals surface area (Å²) in [6.45, 7) is 3.63. The summed E-state index contributed by atoms with van der Waals surface area (Å²) in [6.07, 6.45) is 1.74. The van der Waals surface area contributed by atoms with Crippen molar-refractivity contribution in [3.63, 3.8) is 0 Å². The van der Waals surface area contributed by atoms with Gasteiger partial charge in [-0.1, -0.05) is 0 Å². The molecule has 3 N–H and O–H groups in total. The summed E-state index contributed by atoms with van der Waals surface area (Å²) in [6, 6.07) is 5.61. The number of anilines is 1. The second-order valence-corrected chi connectivity index (χ2v) is 4.44. The minimum Gasteiger partial charge on any atom is -0.322 e. The summed E-state index contributed by atoms with van der Waals surface area (Å²) >= 11 is 0. The fourth-order valence-electron chi connectivity index (χ4n) is 2.09. The average molecular weight is 255 g/mol. The van der Waals surface area contributed by atoms with Gasteiger partial charge in [0.15, 0.2) is 0 Å². The first-order valence-corrected chi connectivity index (χ1v) is 5.91. The molecule has 1 aromatic carbocycles. The molecule has 19 heavy (non-hydrogen) atoms. The van der Waals surface area contributed by atoms with Crippen LogP contribution in [0.15, 0.2) is 24.4 Å². The van der Waals surface area contributed by atoms with Crippen molar-refractivity contribution in [3.8, 4) is 0 Å². The Kier molecular flexibility index (Phi) is 2.56. The van der Waals surface area contributed by atoms with Crippen molar-refractivity contribution >= 4 is 22.5 Å². The number of aromatic nitrogens is 4. The first-order chi connectivity index (χ1) is 9.15. The summed E-state index contributed by atoms with van der Waals surface area (Å²) in [5.41, 5.74) is 3.65. The molecule has 0 aliphatic heterocycles. The van der Waals surface area contributed by atoms with Crippen LogP contribution in [0.2, 0.25) is 0 Å². The van der Waals surface area contributed by atoms with Crippen LogP contribution in [0.1, 0.15) is 21.7 Å². The molecule has 0 saturated carbocycles. The topological polar surface area (TPSA) is 86.5 Å². The first kappa shape index (κ1) is 11.5. The van der Waals surface area contributed by atoms with Crippen molar-refractivity contribution in [2.45, 2.75) is 13.8 Å². The number of benzene rings is 1. The number of H-pyrrole nitrogens is 2. The van der Waals surface area contributed by atoms with E-state index in [4.69, 9.17) is 0 Å². The fourth-order valence-corrected chi connectivity index (χ4v) is 2.09. The van der Waals surface area contributed by atoms with Gasteiger partial charge in [0, 0.05) is 16.8 Å². The lowest BCUT2D eigenvalue weighted by Crippen LogP contribution is -2.13. The summed E-state index contributed by atoms with van der Waals surface area (Å²) in [7, 11) is 0. The Labute approximate surface area is 109 Å². The summed E-state index contributed by atoms with van der Waals surface area (Å²) < 4.78 is 0. The molecule has 6 heteroatoms. The lowest BCUT2D eigenvalue weighted by atomic mass is 10.1. The minimum atomic E-state index is -0.164. The largest absolute Gasteiger partial charge is 0.322 e. The fraction of sp³-hybridized carbons (Fsp3) is 0.154. The number of nitrogens with zero attached hydrogens (tertiary/aromatic N) is 2. The van der Waals surface area contributed by atoms with Gasteiger partial charge in [-0.2, -0.15) is 10.2 Å². The molecule has 0 radical (unpaired) electrons. The van der Waals surface area contributed by atoms with E-state index in [-0.39, 0.29) is 5.91 Å². The van der Waals surface area contributed by atoms with E-state index >= 15 is 0 Å². The SMILES string of the molecule is Cc1n[nH]c(C)c1C(=O)Nc1ccc2cn[nH]c2c1. The number of carbonyl (C=O) groups excluding carboxylic acids is 1. The Morgan fingerprint density at radius 1 is 1.26 bits per heavy atom. The zero-order valence-corrected chi connectivity index (χ0v) is 10.6. The van der Waals surface area contributed by atoms with Crippen LogP contribution in [-0.2, 0) is 0 Å². The Morgan fingerprint density at radius 3 is 2.84 bits per heavy atom. The minimum absolute atomic E-state index is 0.164. The number of amides is 1. The maximum absolute atomic E-state index is 12.2. The van der Waals surface area contributed by atoms with Crippen molar-refractivity contribution in [2.75, 3.05) is 5.32 Å². The van der Waals surface area contributed by atoms with E-state index in [1.54, 1.807) is 13.1 Å². The number of carbonyl (C=O) groups is 1. The normalized spacial score (nSPS) is 10.8. The number of hydrogen-bond acceptors (Lipinski definition) is 3. The molecule has 0 atom stereocenters. The molecule has 0 saturated heterocycles. The van der Waals surface area contributed by atoms with E-state index in [0.29, 0.717) is 11.3 Å². The highest BCUT2D eigenvalue weighted by Crippen LogP contribution is 2.18. The molecule has 1 amide bonds. The summed E-state index contributed by atoms with van der Waals surface area (Å²) in [5, 5.41) is 17.5. The zero-order valence-electron chi connectivity index (χ0n) is 10.6. The van der Waals surface area contributed by atoms with Gasteiger partial charge in [-0.25, -0.2) is 0 Å². The molecule has 96 valence electrons. The van der Waals surface area contributed by atoms with Gasteiger partial charge in [0.05, 0.1) is 23.0 Å². The number of nitrogens with one attached hydrogen (secondary N) is 3. The third-order valence-electron chi connectivity index (χ3n) is 3.05. The Balaban J connectivity index is 1.90. The molecule has 2 aromatic heterocycles. The second-order valence-electron chi connectivity index (χ2n) is 4.44. The molecule has 0 aliphatic carbocycles. The van der Waals surface area contributed by atoms with E-state index < -0.39 is 0 Å². The number of aromatic amines is 2. The molecular formula is C13H13N5O. The predicted molar refractivity (Wildman–Crippen MR) is 72.1 cm³/mol. The Hall–Kier alpha value is -2.63. The van der Waals surface area contributed by atoms with Crippen LogP contribution in [0.25, 0.3) is 10.9 Å². The van der Waals surface area contributed by atoms with Gasteiger partial charge < -0.3 is 5.32 Å². The molecule has 2 heterocycles. The van der Waals surface area contributed by atoms with Gasteiger partial charge in [-0.15, -0.1) is 0 Å². The number of rotatable bonds is 2. The molecule has 6 nitrogen and oxygen atoms in total. The molecule has 0 bridgehead atoms. The smallest absolute Gasteiger partial charge is 0.259 e. The van der Waals surface area contributed by atoms with Crippen LogP contribution in [-0.4, -0.2) is 26.3 Å². The van der Waals surface area contributed by atoms with Crippen molar-refractivity contribution in [3.05, 3.63) is 41.3 Å². The third-order valence-corrected chi connectivity index (χ3v) is 3.05. The molecule has 0 spiro atoms. The molecule has 0 unspecified atom stereocenters. The lowest BCUT2D eigenvalue weighted by molar-refractivity contribution is 0.102. The van der Waals surface area contributed by atoms with Crippen LogP contribution in [0.4, 0.5) is 5.69 Å². The standard InChI is InChI=1S/C13H13N5O/c1-7-12(8(2)17-16-7)13(19)15-10-4-3-9-6-14-18-11(9)5-10/h3-6H,1-2H3,(H,14,18)(H,15,19)(H,16,17). The number of hydrogen-bond donors (Lipinski definition) is 3. The van der Waals surface area contributed by atoms with E-state index in [9.17, 15) is 4.79 Å². The predicted octanol–water partition coefficient (Wildman–Crippen LogP) is 2.16. The van der Waals surface area contributed by atoms with Crippen LogP contribution in [0.5, 0.6) is 0 Å². The van der Waals surface area contributed by atoms with Gasteiger partial charge in [0.1, 0.15) is 0 Å². The Bertz CT molecular complexity index is 736. The van der Waals surface area contributed by atoms with Gasteiger partial charge in [0.25, 0.3) is 5.91 Å². The first-order valence-electron chi connectivity index (χ1n) is 5.91. The second kappa shape index (κ2) is 4.24. The molecular weight excluding hydrogens is 242 g/mol. The highest BCUT2D eigenvalue weighted by molar-refractivity contribution is 6.06. The van der Waals surface area contributed by atoms with E-state index in [0.717, 1.165) is 22.3 Å². The Morgan fingerprint density at radius 2 is 2.11 bits per heavy atom. The highest BCUT2D eigenvalue weighted by atomic mass is 16.1.